The molecule has 0 bridgehead atoms. The Kier molecular flexibility index (Phi) is 4.82. The van der Waals surface area contributed by atoms with Crippen molar-refractivity contribution in [1.82, 2.24) is 4.90 Å². The van der Waals surface area contributed by atoms with Crippen molar-refractivity contribution < 1.29 is 0 Å². The van der Waals surface area contributed by atoms with Gasteiger partial charge in [0.05, 0.1) is 0 Å². The maximum atomic E-state index is 6.09. The lowest BCUT2D eigenvalue weighted by atomic mass is 9.96. The third-order valence-corrected chi connectivity index (χ3v) is 4.29. The van der Waals surface area contributed by atoms with Crippen LogP contribution in [0.1, 0.15) is 31.7 Å². The van der Waals surface area contributed by atoms with Gasteiger partial charge < -0.3 is 5.73 Å². The summed E-state index contributed by atoms with van der Waals surface area (Å²) < 4.78 is 1.30. The van der Waals surface area contributed by atoms with Gasteiger partial charge >= 0.3 is 0 Å². The number of likely N-dealkylation sites (tertiary alicyclic amines) is 1. The van der Waals surface area contributed by atoms with Crippen LogP contribution in [0, 0.1) is 3.57 Å². The van der Waals surface area contributed by atoms with Crippen LogP contribution in [0.4, 0.5) is 0 Å². The van der Waals surface area contributed by atoms with E-state index in [0.717, 1.165) is 6.54 Å². The van der Waals surface area contributed by atoms with Gasteiger partial charge in [0, 0.05) is 22.2 Å². The number of hydrogen-bond donors (Lipinski definition) is 1. The maximum absolute atomic E-state index is 6.09. The lowest BCUT2D eigenvalue weighted by molar-refractivity contribution is 0.123. The molecular formula is C14H21IN2. The monoisotopic (exact) mass is 344 g/mol. The van der Waals surface area contributed by atoms with Crippen LogP contribution in [-0.4, -0.2) is 23.5 Å². The molecule has 2 nitrogen and oxygen atoms in total. The predicted octanol–water partition coefficient (Wildman–Crippen LogP) is 2.99. The first kappa shape index (κ1) is 13.3. The fraction of sp³-hybridized carbons (Fsp3) is 0.571. The summed E-state index contributed by atoms with van der Waals surface area (Å²) in [5.74, 6) is 0. The summed E-state index contributed by atoms with van der Waals surface area (Å²) in [6, 6.07) is 9.66. The van der Waals surface area contributed by atoms with Gasteiger partial charge in [0.2, 0.25) is 0 Å². The Balaban J connectivity index is 2.02. The molecule has 1 saturated heterocycles. The highest BCUT2D eigenvalue weighted by molar-refractivity contribution is 14.1. The summed E-state index contributed by atoms with van der Waals surface area (Å²) in [6.45, 7) is 4.37. The van der Waals surface area contributed by atoms with Gasteiger partial charge in [-0.05, 0) is 66.6 Å². The molecule has 3 heteroatoms. The van der Waals surface area contributed by atoms with Crippen LogP contribution in [-0.2, 0) is 6.54 Å². The minimum Gasteiger partial charge on any atom is -0.327 e. The van der Waals surface area contributed by atoms with Crippen LogP contribution in [0.25, 0.3) is 0 Å². The molecule has 0 aromatic heterocycles. The second-order valence-electron chi connectivity index (χ2n) is 5.02. The summed E-state index contributed by atoms with van der Waals surface area (Å²) in [6.07, 6.45) is 3.89. The lowest BCUT2D eigenvalue weighted by Crippen LogP contribution is -2.48. The van der Waals surface area contributed by atoms with Gasteiger partial charge in [-0.2, -0.15) is 0 Å². The number of piperidine rings is 1. The van der Waals surface area contributed by atoms with E-state index in [2.05, 4.69) is 58.7 Å². The standard InChI is InChI=1S/C14H21IN2/c1-11(16)14-4-2-3-9-17(14)10-12-5-7-13(15)8-6-12/h5-8,11,14H,2-4,9-10,16H2,1H3. The molecule has 94 valence electrons. The van der Waals surface area contributed by atoms with Gasteiger partial charge in [-0.25, -0.2) is 0 Å². The molecule has 1 heterocycles. The van der Waals surface area contributed by atoms with Crippen molar-refractivity contribution in [3.8, 4) is 0 Å². The zero-order valence-electron chi connectivity index (χ0n) is 10.4. The summed E-state index contributed by atoms with van der Waals surface area (Å²) >= 11 is 2.35. The van der Waals surface area contributed by atoms with E-state index in [1.807, 2.05) is 0 Å². The smallest absolute Gasteiger partial charge is 0.0248 e. The minimum atomic E-state index is 0.277. The van der Waals surface area contributed by atoms with Crippen LogP contribution in [0.15, 0.2) is 24.3 Å². The molecule has 0 aliphatic carbocycles. The van der Waals surface area contributed by atoms with Crippen molar-refractivity contribution in [1.29, 1.82) is 0 Å². The van der Waals surface area contributed by atoms with Crippen molar-refractivity contribution >= 4 is 22.6 Å². The number of benzene rings is 1. The van der Waals surface area contributed by atoms with E-state index in [4.69, 9.17) is 5.73 Å². The molecule has 2 unspecified atom stereocenters. The molecule has 0 saturated carbocycles. The third-order valence-electron chi connectivity index (χ3n) is 3.57. The number of nitrogens with zero attached hydrogens (tertiary/aromatic N) is 1. The molecule has 0 radical (unpaired) electrons. The Bertz CT molecular complexity index is 348. The molecule has 1 aromatic rings. The summed E-state index contributed by atoms with van der Waals surface area (Å²) in [4.78, 5) is 2.55. The first-order chi connectivity index (χ1) is 8.16. The predicted molar refractivity (Wildman–Crippen MR) is 80.9 cm³/mol. The summed E-state index contributed by atoms with van der Waals surface area (Å²) in [5.41, 5.74) is 7.49. The van der Waals surface area contributed by atoms with Gasteiger partial charge in [-0.1, -0.05) is 18.6 Å². The molecule has 2 atom stereocenters. The largest absolute Gasteiger partial charge is 0.327 e. The molecule has 1 aromatic carbocycles. The first-order valence-electron chi connectivity index (χ1n) is 6.41. The average molecular weight is 344 g/mol. The molecule has 1 aliphatic heterocycles. The normalized spacial score (nSPS) is 23.6. The maximum Gasteiger partial charge on any atom is 0.0248 e. The number of halogens is 1. The van der Waals surface area contributed by atoms with Crippen LogP contribution >= 0.6 is 22.6 Å². The van der Waals surface area contributed by atoms with E-state index >= 15 is 0 Å². The van der Waals surface area contributed by atoms with Gasteiger partial charge in [-0.3, -0.25) is 4.90 Å². The second kappa shape index (κ2) is 6.16. The number of nitrogens with two attached hydrogens (primary N) is 1. The van der Waals surface area contributed by atoms with Crippen LogP contribution in [0.2, 0.25) is 0 Å². The van der Waals surface area contributed by atoms with Gasteiger partial charge in [0.15, 0.2) is 0 Å². The van der Waals surface area contributed by atoms with E-state index in [1.54, 1.807) is 0 Å². The quantitative estimate of drug-likeness (QED) is 0.855. The van der Waals surface area contributed by atoms with E-state index < -0.39 is 0 Å². The number of rotatable bonds is 3. The van der Waals surface area contributed by atoms with E-state index in [1.165, 1.54) is 34.9 Å². The average Bonchev–Trinajstić information content (AvgIpc) is 2.32. The van der Waals surface area contributed by atoms with E-state index in [0.29, 0.717) is 6.04 Å². The Morgan fingerprint density at radius 3 is 2.71 bits per heavy atom. The van der Waals surface area contributed by atoms with Crippen LogP contribution in [0.5, 0.6) is 0 Å². The van der Waals surface area contributed by atoms with Crippen molar-refractivity contribution in [2.24, 2.45) is 5.73 Å². The molecule has 2 N–H and O–H groups in total. The highest BCUT2D eigenvalue weighted by Crippen LogP contribution is 2.21. The molecule has 1 aliphatic rings. The van der Waals surface area contributed by atoms with Crippen molar-refractivity contribution in [3.05, 3.63) is 33.4 Å². The third kappa shape index (κ3) is 3.66. The molecule has 0 amide bonds. The van der Waals surface area contributed by atoms with E-state index in [9.17, 15) is 0 Å². The lowest BCUT2D eigenvalue weighted by Gasteiger charge is -2.38. The Morgan fingerprint density at radius 1 is 1.35 bits per heavy atom. The Morgan fingerprint density at radius 2 is 2.06 bits per heavy atom. The van der Waals surface area contributed by atoms with Crippen molar-refractivity contribution in [2.45, 2.75) is 44.8 Å². The van der Waals surface area contributed by atoms with Gasteiger partial charge in [0.25, 0.3) is 0 Å². The van der Waals surface area contributed by atoms with Crippen LogP contribution < -0.4 is 5.73 Å². The van der Waals surface area contributed by atoms with E-state index in [-0.39, 0.29) is 6.04 Å². The summed E-state index contributed by atoms with van der Waals surface area (Å²) in [7, 11) is 0. The highest BCUT2D eigenvalue weighted by atomic mass is 127. The van der Waals surface area contributed by atoms with Crippen molar-refractivity contribution in [2.75, 3.05) is 6.54 Å². The SMILES string of the molecule is CC(N)C1CCCCN1Cc1ccc(I)cc1. The molecule has 0 spiro atoms. The zero-order chi connectivity index (χ0) is 12.3. The Hall–Kier alpha value is -0.130. The minimum absolute atomic E-state index is 0.277. The fourth-order valence-corrected chi connectivity index (χ4v) is 2.99. The van der Waals surface area contributed by atoms with Gasteiger partial charge in [-0.15, -0.1) is 0 Å². The molecule has 2 rings (SSSR count). The first-order valence-corrected chi connectivity index (χ1v) is 7.49. The van der Waals surface area contributed by atoms with Crippen molar-refractivity contribution in [3.63, 3.8) is 0 Å². The molecular weight excluding hydrogens is 323 g/mol. The Labute approximate surface area is 118 Å². The molecule has 1 fully saturated rings. The highest BCUT2D eigenvalue weighted by Gasteiger charge is 2.25. The molecule has 17 heavy (non-hydrogen) atoms. The fourth-order valence-electron chi connectivity index (χ4n) is 2.63. The van der Waals surface area contributed by atoms with Gasteiger partial charge in [0.1, 0.15) is 0 Å². The van der Waals surface area contributed by atoms with Crippen LogP contribution in [0.3, 0.4) is 0 Å². The topological polar surface area (TPSA) is 29.3 Å². The number of hydrogen-bond acceptors (Lipinski definition) is 2. The zero-order valence-corrected chi connectivity index (χ0v) is 12.6. The second-order valence-corrected chi connectivity index (χ2v) is 6.26. The summed E-state index contributed by atoms with van der Waals surface area (Å²) in [5, 5.41) is 0.